The Labute approximate surface area is 80.2 Å². The van der Waals surface area contributed by atoms with Gasteiger partial charge in [-0.3, -0.25) is 0 Å². The van der Waals surface area contributed by atoms with Gasteiger partial charge in [0.2, 0.25) is 0 Å². The zero-order valence-corrected chi connectivity index (χ0v) is 8.94. The van der Waals surface area contributed by atoms with Gasteiger partial charge < -0.3 is 14.9 Å². The molecule has 1 heteroatoms. The first-order valence-corrected chi connectivity index (χ1v) is 1.63. The molecule has 0 aromatic rings. The summed E-state index contributed by atoms with van der Waals surface area (Å²) >= 11 is 0. The van der Waals surface area contributed by atoms with Gasteiger partial charge in [0.15, 0.2) is 0 Å². The van der Waals surface area contributed by atoms with E-state index in [1.165, 1.54) is 12.2 Å². The van der Waals surface area contributed by atoms with E-state index in [1.54, 1.807) is 0 Å². The molecule has 0 heterocycles. The fraction of sp³-hybridized carbons (Fsp3) is 0. The number of rotatable bonds is 0. The quantitative estimate of drug-likeness (QED) is 0.531. The first kappa shape index (κ1) is 35.5. The predicted molar refractivity (Wildman–Crippen MR) is 43.9 cm³/mol. The van der Waals surface area contributed by atoms with Crippen LogP contribution in [-0.2, 0) is 26.2 Å². The van der Waals surface area contributed by atoms with Gasteiger partial charge >= 0.3 is 26.2 Å². The van der Waals surface area contributed by atoms with Gasteiger partial charge in [-0.1, -0.05) is 0 Å². The van der Waals surface area contributed by atoms with Gasteiger partial charge in [-0.15, -0.1) is 0 Å². The van der Waals surface area contributed by atoms with Gasteiger partial charge in [0.05, 0.1) is 0 Å². The summed E-state index contributed by atoms with van der Waals surface area (Å²) in [6, 6.07) is 0. The van der Waals surface area contributed by atoms with Crippen LogP contribution in [0.5, 0.6) is 0 Å². The van der Waals surface area contributed by atoms with Crippen LogP contribution in [0.4, 0.5) is 0 Å². The second-order valence-electron chi connectivity index (χ2n) is 0.577. The molecule has 0 N–H and O–H groups in total. The Bertz CT molecular complexity index is 25.5. The summed E-state index contributed by atoms with van der Waals surface area (Å²) in [6.07, 6.45) is 3.00. The molecule has 0 amide bonds. The summed E-state index contributed by atoms with van der Waals surface area (Å²) in [4.78, 5) is 0. The second kappa shape index (κ2) is 92.4. The van der Waals surface area contributed by atoms with Crippen LogP contribution in [0, 0.1) is 28.7 Å². The topological polar surface area (TPSA) is 0 Å². The molecule has 52 valence electrons. The minimum absolute atomic E-state index is 0. The summed E-state index contributed by atoms with van der Waals surface area (Å²) in [5, 5.41) is 0. The summed E-state index contributed by atoms with van der Waals surface area (Å²) in [6.45, 7) is 13.0. The van der Waals surface area contributed by atoms with Gasteiger partial charge in [-0.2, -0.15) is 0 Å². The van der Waals surface area contributed by atoms with Crippen molar-refractivity contribution >= 4 is 0 Å². The predicted octanol–water partition coefficient (Wildman–Crippen LogP) is 2.91. The maximum atomic E-state index is 3.25. The fourth-order valence-corrected chi connectivity index (χ4v) is 0. The molecule has 0 bridgehead atoms. The molecular formula is C8H16Zr. The molecule has 0 aliphatic heterocycles. The van der Waals surface area contributed by atoms with Crippen molar-refractivity contribution in [2.45, 2.75) is 0 Å². The third kappa shape index (κ3) is 28400. The SMILES string of the molecule is C=C[CH2-].C=C[CH2-].[CH3-].[CH3-].[Zr+4]. The third-order valence-electron chi connectivity index (χ3n) is 0. The van der Waals surface area contributed by atoms with Crippen LogP contribution in [0.2, 0.25) is 0 Å². The van der Waals surface area contributed by atoms with E-state index >= 15 is 0 Å². The van der Waals surface area contributed by atoms with Crippen molar-refractivity contribution < 1.29 is 26.2 Å². The molecule has 9 heavy (non-hydrogen) atoms. The first-order valence-electron chi connectivity index (χ1n) is 1.63. The van der Waals surface area contributed by atoms with E-state index in [0.29, 0.717) is 0 Å². The van der Waals surface area contributed by atoms with Crippen LogP contribution < -0.4 is 0 Å². The Morgan fingerprint density at radius 2 is 0.889 bits per heavy atom. The zero-order valence-electron chi connectivity index (χ0n) is 6.48. The second-order valence-corrected chi connectivity index (χ2v) is 0.577. The maximum absolute atomic E-state index is 3.25. The smallest absolute Gasteiger partial charge is 0.358 e. The van der Waals surface area contributed by atoms with Crippen LogP contribution in [0.15, 0.2) is 25.3 Å². The summed E-state index contributed by atoms with van der Waals surface area (Å²) in [7, 11) is 0. The van der Waals surface area contributed by atoms with E-state index in [0.717, 1.165) is 0 Å². The van der Waals surface area contributed by atoms with Gasteiger partial charge in [-0.05, 0) is 0 Å². The molecular weight excluding hydrogens is 187 g/mol. The van der Waals surface area contributed by atoms with Crippen molar-refractivity contribution in [1.29, 1.82) is 0 Å². The van der Waals surface area contributed by atoms with Crippen molar-refractivity contribution in [3.8, 4) is 0 Å². The molecule has 0 fully saturated rings. The van der Waals surface area contributed by atoms with Gasteiger partial charge in [0.1, 0.15) is 0 Å². The molecule has 0 radical (unpaired) electrons. The molecule has 0 spiro atoms. The van der Waals surface area contributed by atoms with Crippen molar-refractivity contribution in [3.05, 3.63) is 54.0 Å². The maximum Gasteiger partial charge on any atom is 4.00 e. The fourth-order valence-electron chi connectivity index (χ4n) is 0. The van der Waals surface area contributed by atoms with E-state index in [2.05, 4.69) is 27.0 Å². The minimum atomic E-state index is 0. The normalized spacial score (nSPS) is 2.67. The van der Waals surface area contributed by atoms with Gasteiger partial charge in [-0.25, -0.2) is 39.2 Å². The molecule has 0 aliphatic rings. The van der Waals surface area contributed by atoms with Crippen molar-refractivity contribution in [2.75, 3.05) is 0 Å². The standard InChI is InChI=1S/2C3H5.2CH3.Zr/c2*1-3-2;;;/h2*3H,1-2H2;2*1H3;/q4*-1;+4. The Hall–Kier alpha value is 0.103. The molecule has 0 unspecified atom stereocenters. The molecule has 0 aromatic heterocycles. The van der Waals surface area contributed by atoms with E-state index in [-0.39, 0.29) is 41.1 Å². The Morgan fingerprint density at radius 1 is 0.889 bits per heavy atom. The zero-order chi connectivity index (χ0) is 5.41. The molecule has 0 aliphatic carbocycles. The molecule has 0 saturated heterocycles. The first-order chi connectivity index (χ1) is 2.83. The van der Waals surface area contributed by atoms with Crippen LogP contribution in [-0.4, -0.2) is 0 Å². The van der Waals surface area contributed by atoms with E-state index in [4.69, 9.17) is 0 Å². The van der Waals surface area contributed by atoms with Crippen LogP contribution >= 0.6 is 0 Å². The molecule has 0 aromatic carbocycles. The minimum Gasteiger partial charge on any atom is -0.358 e. The summed E-state index contributed by atoms with van der Waals surface area (Å²) < 4.78 is 0. The van der Waals surface area contributed by atoms with E-state index in [9.17, 15) is 0 Å². The molecule has 0 rings (SSSR count). The summed E-state index contributed by atoms with van der Waals surface area (Å²) in [5.74, 6) is 0. The number of hydrogen-bond acceptors (Lipinski definition) is 0. The summed E-state index contributed by atoms with van der Waals surface area (Å²) in [5.41, 5.74) is 0. The van der Waals surface area contributed by atoms with Crippen molar-refractivity contribution in [1.82, 2.24) is 0 Å². The largest absolute Gasteiger partial charge is 4.00 e. The number of allylic oxidation sites excluding steroid dienone is 2. The monoisotopic (exact) mass is 202 g/mol. The van der Waals surface area contributed by atoms with E-state index < -0.39 is 0 Å². The number of hydrogen-bond donors (Lipinski definition) is 0. The van der Waals surface area contributed by atoms with Crippen LogP contribution in [0.1, 0.15) is 0 Å². The van der Waals surface area contributed by atoms with E-state index in [1.807, 2.05) is 0 Å². The average Bonchev–Trinajstić information content (AvgIpc) is 1.39. The van der Waals surface area contributed by atoms with Gasteiger partial charge in [0.25, 0.3) is 0 Å². The molecule has 0 nitrogen and oxygen atoms in total. The Kier molecular flexibility index (Phi) is 365. The third-order valence-corrected chi connectivity index (χ3v) is 0. The van der Waals surface area contributed by atoms with Crippen LogP contribution in [0.25, 0.3) is 0 Å². The molecule has 0 saturated carbocycles. The van der Waals surface area contributed by atoms with Crippen molar-refractivity contribution in [3.63, 3.8) is 0 Å². The van der Waals surface area contributed by atoms with Gasteiger partial charge in [0, 0.05) is 0 Å². The van der Waals surface area contributed by atoms with Crippen LogP contribution in [0.3, 0.4) is 0 Å². The average molecular weight is 203 g/mol. The Balaban J connectivity index is -0.00000000889. The Morgan fingerprint density at radius 3 is 0.889 bits per heavy atom. The molecule has 0 atom stereocenters. The van der Waals surface area contributed by atoms with Crippen molar-refractivity contribution in [2.24, 2.45) is 0 Å².